The van der Waals surface area contributed by atoms with Crippen molar-refractivity contribution in [1.82, 2.24) is 50.5 Å². The van der Waals surface area contributed by atoms with Crippen LogP contribution in [0.1, 0.15) is 40.5 Å². The van der Waals surface area contributed by atoms with E-state index < -0.39 is 0 Å². The van der Waals surface area contributed by atoms with Gasteiger partial charge >= 0.3 is 0 Å². The van der Waals surface area contributed by atoms with E-state index in [0.29, 0.717) is 11.4 Å². The predicted molar refractivity (Wildman–Crippen MR) is 95.8 cm³/mol. The van der Waals surface area contributed by atoms with Crippen molar-refractivity contribution in [2.75, 3.05) is 0 Å². The number of pyridine rings is 1. The standard InChI is InChI=1S/C17H16N10O/c28-17(12-8-19-23-16(12)26-10-20-24-25-26)22-13-4-3-5-14-11(13)9-21-27(14)15-6-1-2-7-18-15/h1-2,6-10,13H,3-5H2,(H,19,23)(H,22,28)/t13-/m0/s1. The number of nitrogens with zero attached hydrogens (tertiary/aromatic N) is 8. The highest BCUT2D eigenvalue weighted by atomic mass is 16.1. The van der Waals surface area contributed by atoms with E-state index in [1.807, 2.05) is 29.1 Å². The van der Waals surface area contributed by atoms with Crippen LogP contribution in [-0.4, -0.2) is 51.1 Å². The fourth-order valence-electron chi connectivity index (χ4n) is 3.50. The molecule has 0 spiro atoms. The quantitative estimate of drug-likeness (QED) is 0.538. The monoisotopic (exact) mass is 376 g/mol. The summed E-state index contributed by atoms with van der Waals surface area (Å²) in [4.78, 5) is 17.3. The van der Waals surface area contributed by atoms with Crippen LogP contribution < -0.4 is 5.32 Å². The van der Waals surface area contributed by atoms with E-state index in [9.17, 15) is 4.79 Å². The number of rotatable bonds is 4. The van der Waals surface area contributed by atoms with Crippen molar-refractivity contribution >= 4 is 5.91 Å². The summed E-state index contributed by atoms with van der Waals surface area (Å²) in [6.45, 7) is 0. The van der Waals surface area contributed by atoms with Gasteiger partial charge < -0.3 is 5.32 Å². The Morgan fingerprint density at radius 2 is 2.25 bits per heavy atom. The number of hydrogen-bond acceptors (Lipinski definition) is 7. The molecular weight excluding hydrogens is 360 g/mol. The molecule has 0 saturated carbocycles. The number of aromatic amines is 1. The number of fused-ring (bicyclic) bond motifs is 1. The SMILES string of the molecule is O=C(N[C@H]1CCCc2c1cnn2-c1ccccn1)c1cn[nH]c1-n1cnnn1. The minimum atomic E-state index is -0.248. The van der Waals surface area contributed by atoms with Crippen molar-refractivity contribution in [2.45, 2.75) is 25.3 Å². The van der Waals surface area contributed by atoms with Crippen LogP contribution >= 0.6 is 0 Å². The molecule has 0 unspecified atom stereocenters. The van der Waals surface area contributed by atoms with Gasteiger partial charge in [-0.05, 0) is 41.8 Å². The van der Waals surface area contributed by atoms with Crippen molar-refractivity contribution in [2.24, 2.45) is 0 Å². The number of H-pyrrole nitrogens is 1. The molecule has 1 aliphatic carbocycles. The number of tetrazole rings is 1. The molecule has 1 aliphatic rings. The summed E-state index contributed by atoms with van der Waals surface area (Å²) in [7, 11) is 0. The highest BCUT2D eigenvalue weighted by Crippen LogP contribution is 2.31. The summed E-state index contributed by atoms with van der Waals surface area (Å²) in [6.07, 6.45) is 9.09. The Kier molecular flexibility index (Phi) is 3.89. The van der Waals surface area contributed by atoms with Gasteiger partial charge in [0.25, 0.3) is 5.91 Å². The van der Waals surface area contributed by atoms with Crippen molar-refractivity contribution in [1.29, 1.82) is 0 Å². The van der Waals surface area contributed by atoms with Crippen molar-refractivity contribution in [3.8, 4) is 11.6 Å². The molecule has 0 radical (unpaired) electrons. The second-order valence-electron chi connectivity index (χ2n) is 6.45. The van der Waals surface area contributed by atoms with Crippen LogP contribution in [0.4, 0.5) is 0 Å². The lowest BCUT2D eigenvalue weighted by atomic mass is 9.92. The summed E-state index contributed by atoms with van der Waals surface area (Å²) in [5.41, 5.74) is 2.46. The van der Waals surface area contributed by atoms with Crippen molar-refractivity contribution in [3.63, 3.8) is 0 Å². The summed E-state index contributed by atoms with van der Waals surface area (Å²) >= 11 is 0. The third kappa shape index (κ3) is 2.73. The number of carbonyl (C=O) groups is 1. The van der Waals surface area contributed by atoms with Crippen LogP contribution in [-0.2, 0) is 6.42 Å². The number of aromatic nitrogens is 9. The first-order valence-electron chi connectivity index (χ1n) is 8.87. The molecule has 0 bridgehead atoms. The molecule has 5 rings (SSSR count). The molecule has 11 nitrogen and oxygen atoms in total. The summed E-state index contributed by atoms with van der Waals surface area (Å²) < 4.78 is 3.21. The van der Waals surface area contributed by atoms with Crippen LogP contribution in [0.5, 0.6) is 0 Å². The van der Waals surface area contributed by atoms with Gasteiger partial charge in [-0.25, -0.2) is 9.67 Å². The van der Waals surface area contributed by atoms with Crippen molar-refractivity contribution < 1.29 is 4.79 Å². The average molecular weight is 376 g/mol. The minimum absolute atomic E-state index is 0.134. The summed E-state index contributed by atoms with van der Waals surface area (Å²) in [5.74, 6) is 0.942. The van der Waals surface area contributed by atoms with E-state index in [2.05, 4.69) is 41.1 Å². The Morgan fingerprint density at radius 3 is 3.07 bits per heavy atom. The fourth-order valence-corrected chi connectivity index (χ4v) is 3.50. The average Bonchev–Trinajstić information content (AvgIpc) is 3.48. The molecule has 1 amide bonds. The molecule has 0 fully saturated rings. The van der Waals surface area contributed by atoms with E-state index in [0.717, 1.165) is 36.3 Å². The van der Waals surface area contributed by atoms with Gasteiger partial charge in [-0.1, -0.05) is 6.07 Å². The van der Waals surface area contributed by atoms with Crippen LogP contribution in [0.3, 0.4) is 0 Å². The molecule has 4 aromatic rings. The van der Waals surface area contributed by atoms with E-state index in [-0.39, 0.29) is 11.9 Å². The van der Waals surface area contributed by atoms with Gasteiger partial charge in [0.05, 0.1) is 24.1 Å². The van der Waals surface area contributed by atoms with Crippen molar-refractivity contribution in [3.05, 3.63) is 59.9 Å². The smallest absolute Gasteiger partial charge is 0.257 e. The molecule has 11 heteroatoms. The first-order valence-corrected chi connectivity index (χ1v) is 8.87. The summed E-state index contributed by atoms with van der Waals surface area (Å²) in [5, 5.41) is 25.3. The Labute approximate surface area is 158 Å². The van der Waals surface area contributed by atoms with Crippen LogP contribution in [0.25, 0.3) is 11.6 Å². The minimum Gasteiger partial charge on any atom is -0.345 e. The molecule has 4 aromatic heterocycles. The predicted octanol–water partition coefficient (Wildman–Crippen LogP) is 0.773. The molecule has 2 N–H and O–H groups in total. The largest absolute Gasteiger partial charge is 0.345 e. The lowest BCUT2D eigenvalue weighted by molar-refractivity contribution is 0.0932. The maximum Gasteiger partial charge on any atom is 0.257 e. The van der Waals surface area contributed by atoms with E-state index in [1.54, 1.807) is 6.20 Å². The number of hydrogen-bond donors (Lipinski definition) is 2. The zero-order valence-electron chi connectivity index (χ0n) is 14.7. The number of nitrogens with one attached hydrogen (secondary N) is 2. The number of carbonyl (C=O) groups excluding carboxylic acids is 1. The molecule has 1 atom stereocenters. The van der Waals surface area contributed by atoms with Crippen LogP contribution in [0, 0.1) is 0 Å². The maximum absolute atomic E-state index is 12.9. The van der Waals surface area contributed by atoms with Gasteiger partial charge in [-0.2, -0.15) is 14.9 Å². The Balaban J connectivity index is 1.42. The van der Waals surface area contributed by atoms with Gasteiger partial charge in [0, 0.05) is 11.8 Å². The first kappa shape index (κ1) is 16.3. The van der Waals surface area contributed by atoms with Gasteiger partial charge in [-0.3, -0.25) is 9.89 Å². The third-order valence-electron chi connectivity index (χ3n) is 4.80. The third-order valence-corrected chi connectivity index (χ3v) is 4.80. The zero-order chi connectivity index (χ0) is 18.9. The van der Waals surface area contributed by atoms with E-state index >= 15 is 0 Å². The Hall–Kier alpha value is -3.89. The topological polar surface area (TPSA) is 132 Å². The highest BCUT2D eigenvalue weighted by molar-refractivity contribution is 5.97. The van der Waals surface area contributed by atoms with Gasteiger partial charge in [0.1, 0.15) is 11.9 Å². The number of amides is 1. The normalized spacial score (nSPS) is 15.9. The first-order chi connectivity index (χ1) is 13.8. The van der Waals surface area contributed by atoms with Gasteiger partial charge in [-0.15, -0.1) is 5.10 Å². The molecule has 0 aromatic carbocycles. The molecule has 4 heterocycles. The fraction of sp³-hybridized carbons (Fsp3) is 0.235. The maximum atomic E-state index is 12.9. The molecule has 0 aliphatic heterocycles. The van der Waals surface area contributed by atoms with E-state index in [1.165, 1.54) is 17.2 Å². The molecule has 0 saturated heterocycles. The Morgan fingerprint density at radius 1 is 1.29 bits per heavy atom. The molecular formula is C17H16N10O. The molecule has 140 valence electrons. The van der Waals surface area contributed by atoms with Crippen LogP contribution in [0.15, 0.2) is 43.1 Å². The lowest BCUT2D eigenvalue weighted by Gasteiger charge is -2.24. The van der Waals surface area contributed by atoms with Gasteiger partial charge in [0.15, 0.2) is 11.6 Å². The zero-order valence-corrected chi connectivity index (χ0v) is 14.7. The Bertz CT molecular complexity index is 1100. The van der Waals surface area contributed by atoms with E-state index in [4.69, 9.17) is 0 Å². The second kappa shape index (κ2) is 6.68. The lowest BCUT2D eigenvalue weighted by Crippen LogP contribution is -2.31. The molecule has 28 heavy (non-hydrogen) atoms. The van der Waals surface area contributed by atoms with Gasteiger partial charge in [0.2, 0.25) is 0 Å². The second-order valence-corrected chi connectivity index (χ2v) is 6.45. The highest BCUT2D eigenvalue weighted by Gasteiger charge is 2.28. The van der Waals surface area contributed by atoms with Crippen LogP contribution in [0.2, 0.25) is 0 Å². The summed E-state index contributed by atoms with van der Waals surface area (Å²) in [6, 6.07) is 5.58.